The molecule has 2 heterocycles. The average molecular weight is 421 g/mol. The molecule has 0 atom stereocenters. The molecule has 29 heavy (non-hydrogen) atoms. The van der Waals surface area contributed by atoms with E-state index in [1.807, 2.05) is 24.3 Å². The van der Waals surface area contributed by atoms with Crippen molar-refractivity contribution in [2.45, 2.75) is 12.8 Å². The summed E-state index contributed by atoms with van der Waals surface area (Å²) in [5.41, 5.74) is 1.14. The summed E-state index contributed by atoms with van der Waals surface area (Å²) in [6.07, 6.45) is 1.86. The van der Waals surface area contributed by atoms with Crippen LogP contribution in [0.3, 0.4) is 0 Å². The largest absolute Gasteiger partial charge is 0.368 e. The second-order valence-corrected chi connectivity index (χ2v) is 7.80. The highest BCUT2D eigenvalue weighted by Crippen LogP contribution is 2.30. The maximum Gasteiger partial charge on any atom is 0.321 e. The third kappa shape index (κ3) is 4.40. The highest BCUT2D eigenvalue weighted by Gasteiger charge is 2.24. The second-order valence-electron chi connectivity index (χ2n) is 7.37. The Bertz CT molecular complexity index is 873. The standard InChI is InChI=1S/C21H23ClF2N4O/c22-15-4-3-5-17(12-15)26-8-10-28(11-9-26)21(29)25-16-13-18(23)20(19(24)14-16)27-6-1-2-7-27/h3-5,12-14H,1-2,6-11H2,(H,25,29). The average Bonchev–Trinajstić information content (AvgIpc) is 3.22. The predicted octanol–water partition coefficient (Wildman–Crippen LogP) is 4.57. The molecule has 5 nitrogen and oxygen atoms in total. The van der Waals surface area contributed by atoms with Crippen LogP contribution in [0, 0.1) is 11.6 Å². The number of nitrogens with zero attached hydrogens (tertiary/aromatic N) is 3. The lowest BCUT2D eigenvalue weighted by Gasteiger charge is -2.36. The van der Waals surface area contributed by atoms with E-state index in [-0.39, 0.29) is 17.4 Å². The predicted molar refractivity (Wildman–Crippen MR) is 112 cm³/mol. The highest BCUT2D eigenvalue weighted by molar-refractivity contribution is 6.30. The van der Waals surface area contributed by atoms with Gasteiger partial charge in [-0.3, -0.25) is 0 Å². The first kappa shape index (κ1) is 19.8. The maximum absolute atomic E-state index is 14.5. The summed E-state index contributed by atoms with van der Waals surface area (Å²) >= 11 is 6.05. The van der Waals surface area contributed by atoms with Gasteiger partial charge in [-0.05, 0) is 43.2 Å². The first-order valence-electron chi connectivity index (χ1n) is 9.82. The van der Waals surface area contributed by atoms with Gasteiger partial charge in [0.05, 0.1) is 0 Å². The zero-order chi connectivity index (χ0) is 20.4. The normalized spacial score (nSPS) is 17.0. The topological polar surface area (TPSA) is 38.8 Å². The molecule has 8 heteroatoms. The van der Waals surface area contributed by atoms with E-state index >= 15 is 0 Å². The van der Waals surface area contributed by atoms with Crippen molar-refractivity contribution in [2.24, 2.45) is 0 Å². The third-order valence-electron chi connectivity index (χ3n) is 5.43. The molecule has 0 saturated carbocycles. The van der Waals surface area contributed by atoms with Gasteiger partial charge >= 0.3 is 6.03 Å². The fraction of sp³-hybridized carbons (Fsp3) is 0.381. The number of halogens is 3. The SMILES string of the molecule is O=C(Nc1cc(F)c(N2CCCC2)c(F)c1)N1CCN(c2cccc(Cl)c2)CC1. The van der Waals surface area contributed by atoms with Crippen molar-refractivity contribution < 1.29 is 13.6 Å². The molecule has 0 aliphatic carbocycles. The molecule has 2 saturated heterocycles. The van der Waals surface area contributed by atoms with Gasteiger partial charge in [0.15, 0.2) is 11.6 Å². The maximum atomic E-state index is 14.5. The minimum absolute atomic E-state index is 0.00404. The van der Waals surface area contributed by atoms with Crippen LogP contribution in [-0.4, -0.2) is 50.2 Å². The zero-order valence-electron chi connectivity index (χ0n) is 16.0. The van der Waals surface area contributed by atoms with Crippen molar-refractivity contribution in [3.63, 3.8) is 0 Å². The van der Waals surface area contributed by atoms with Crippen molar-refractivity contribution >= 4 is 34.7 Å². The van der Waals surface area contributed by atoms with Gasteiger partial charge in [0, 0.05) is 55.7 Å². The summed E-state index contributed by atoms with van der Waals surface area (Å²) in [5.74, 6) is -1.29. The van der Waals surface area contributed by atoms with E-state index in [4.69, 9.17) is 11.6 Å². The number of nitrogens with one attached hydrogen (secondary N) is 1. The Morgan fingerprint density at radius 3 is 2.17 bits per heavy atom. The van der Waals surface area contributed by atoms with Crippen LogP contribution in [0.4, 0.5) is 30.6 Å². The molecule has 2 aliphatic heterocycles. The van der Waals surface area contributed by atoms with E-state index in [0.717, 1.165) is 18.5 Å². The molecule has 2 amide bonds. The Labute approximate surface area is 173 Å². The van der Waals surface area contributed by atoms with Crippen LogP contribution in [0.1, 0.15) is 12.8 Å². The molecule has 2 fully saturated rings. The summed E-state index contributed by atoms with van der Waals surface area (Å²) in [6, 6.07) is 9.62. The number of urea groups is 1. The minimum atomic E-state index is -0.645. The fourth-order valence-electron chi connectivity index (χ4n) is 3.92. The summed E-state index contributed by atoms with van der Waals surface area (Å²) in [6.45, 7) is 3.63. The van der Waals surface area contributed by atoms with Crippen molar-refractivity contribution in [3.05, 3.63) is 53.1 Å². The van der Waals surface area contributed by atoms with Gasteiger partial charge in [0.2, 0.25) is 0 Å². The van der Waals surface area contributed by atoms with Crippen molar-refractivity contribution in [3.8, 4) is 0 Å². The van der Waals surface area contributed by atoms with E-state index in [9.17, 15) is 13.6 Å². The van der Waals surface area contributed by atoms with Crippen molar-refractivity contribution in [2.75, 3.05) is 54.4 Å². The van der Waals surface area contributed by atoms with Crippen LogP contribution in [0.2, 0.25) is 5.02 Å². The third-order valence-corrected chi connectivity index (χ3v) is 5.67. The summed E-state index contributed by atoms with van der Waals surface area (Å²) in [4.78, 5) is 18.1. The lowest BCUT2D eigenvalue weighted by atomic mass is 10.2. The molecule has 4 rings (SSSR count). The Morgan fingerprint density at radius 1 is 0.897 bits per heavy atom. The number of anilines is 3. The zero-order valence-corrected chi connectivity index (χ0v) is 16.8. The number of hydrogen-bond donors (Lipinski definition) is 1. The lowest BCUT2D eigenvalue weighted by Crippen LogP contribution is -2.50. The number of benzene rings is 2. The van der Waals surface area contributed by atoms with E-state index in [2.05, 4.69) is 10.2 Å². The van der Waals surface area contributed by atoms with Crippen LogP contribution >= 0.6 is 11.6 Å². The van der Waals surface area contributed by atoms with Gasteiger partial charge in [-0.1, -0.05) is 17.7 Å². The molecule has 154 valence electrons. The Kier molecular flexibility index (Phi) is 5.76. The molecule has 2 aliphatic rings. The van der Waals surface area contributed by atoms with Crippen LogP contribution in [0.15, 0.2) is 36.4 Å². The van der Waals surface area contributed by atoms with Gasteiger partial charge < -0.3 is 20.0 Å². The van der Waals surface area contributed by atoms with Gasteiger partial charge in [-0.25, -0.2) is 13.6 Å². The van der Waals surface area contributed by atoms with Crippen LogP contribution in [-0.2, 0) is 0 Å². The molecular weight excluding hydrogens is 398 g/mol. The molecule has 1 N–H and O–H groups in total. The van der Waals surface area contributed by atoms with Crippen LogP contribution in [0.25, 0.3) is 0 Å². The molecule has 0 spiro atoms. The van der Waals surface area contributed by atoms with E-state index in [1.54, 1.807) is 9.80 Å². The van der Waals surface area contributed by atoms with Crippen molar-refractivity contribution in [1.29, 1.82) is 0 Å². The monoisotopic (exact) mass is 420 g/mol. The quantitative estimate of drug-likeness (QED) is 0.790. The van der Waals surface area contributed by atoms with Gasteiger partial charge in [-0.15, -0.1) is 0 Å². The number of carbonyl (C=O) groups excluding carboxylic acids is 1. The summed E-state index contributed by atoms with van der Waals surface area (Å²) in [5, 5.41) is 3.29. The number of amides is 2. The Balaban J connectivity index is 1.37. The first-order valence-corrected chi connectivity index (χ1v) is 10.2. The van der Waals surface area contributed by atoms with Gasteiger partial charge in [0.25, 0.3) is 0 Å². The highest BCUT2D eigenvalue weighted by atomic mass is 35.5. The smallest absolute Gasteiger partial charge is 0.321 e. The second kappa shape index (κ2) is 8.45. The van der Waals surface area contributed by atoms with E-state index in [1.165, 1.54) is 12.1 Å². The van der Waals surface area contributed by atoms with Gasteiger partial charge in [-0.2, -0.15) is 0 Å². The Hall–Kier alpha value is -2.54. The van der Waals surface area contributed by atoms with Crippen molar-refractivity contribution in [1.82, 2.24) is 4.90 Å². The molecule has 0 bridgehead atoms. The number of hydrogen-bond acceptors (Lipinski definition) is 3. The molecule has 0 unspecified atom stereocenters. The van der Waals surface area contributed by atoms with Gasteiger partial charge in [0.1, 0.15) is 5.69 Å². The van der Waals surface area contributed by atoms with E-state index in [0.29, 0.717) is 44.3 Å². The molecule has 0 radical (unpaired) electrons. The first-order chi connectivity index (χ1) is 14.0. The number of piperazine rings is 1. The van der Waals surface area contributed by atoms with E-state index < -0.39 is 11.6 Å². The minimum Gasteiger partial charge on any atom is -0.368 e. The number of rotatable bonds is 3. The summed E-state index contributed by atoms with van der Waals surface area (Å²) < 4.78 is 28.9. The van der Waals surface area contributed by atoms with Crippen LogP contribution in [0.5, 0.6) is 0 Å². The molecule has 0 aromatic heterocycles. The summed E-state index contributed by atoms with van der Waals surface area (Å²) in [7, 11) is 0. The van der Waals surface area contributed by atoms with Crippen LogP contribution < -0.4 is 15.1 Å². The fourth-order valence-corrected chi connectivity index (χ4v) is 4.11. The number of carbonyl (C=O) groups is 1. The Morgan fingerprint density at radius 2 is 1.55 bits per heavy atom. The molecule has 2 aromatic carbocycles. The lowest BCUT2D eigenvalue weighted by molar-refractivity contribution is 0.208. The molecular formula is C21H23ClF2N4O. The molecule has 2 aromatic rings.